The smallest absolute Gasteiger partial charge is 0.234 e. The monoisotopic (exact) mass is 387 g/mol. The number of amides is 1. The quantitative estimate of drug-likeness (QED) is 0.529. The summed E-state index contributed by atoms with van der Waals surface area (Å²) >= 11 is 7.32. The van der Waals surface area contributed by atoms with Crippen LogP contribution in [0.4, 0.5) is 5.69 Å². The maximum Gasteiger partial charge on any atom is 0.234 e. The molecule has 26 heavy (non-hydrogen) atoms. The van der Waals surface area contributed by atoms with Crippen LogP contribution >= 0.6 is 23.4 Å². The summed E-state index contributed by atoms with van der Waals surface area (Å²) in [5, 5.41) is 8.59. The van der Waals surface area contributed by atoms with Crippen molar-refractivity contribution < 1.29 is 4.79 Å². The first-order chi connectivity index (χ1) is 12.4. The lowest BCUT2D eigenvalue weighted by Gasteiger charge is -2.09. The number of aryl methyl sites for hydroxylation is 3. The van der Waals surface area contributed by atoms with Crippen molar-refractivity contribution in [3.63, 3.8) is 0 Å². The second-order valence-corrected chi connectivity index (χ2v) is 7.28. The van der Waals surface area contributed by atoms with Crippen LogP contribution < -0.4 is 5.32 Å². The number of carbonyl (C=O) groups excluding carboxylic acids is 1. The zero-order valence-corrected chi connectivity index (χ0v) is 16.2. The van der Waals surface area contributed by atoms with Crippen LogP contribution in [0.1, 0.15) is 17.0 Å². The molecule has 3 aromatic rings. The van der Waals surface area contributed by atoms with Crippen LogP contribution in [0.2, 0.25) is 5.02 Å². The van der Waals surface area contributed by atoms with Crippen molar-refractivity contribution in [1.82, 2.24) is 19.7 Å². The minimum atomic E-state index is -0.119. The lowest BCUT2D eigenvalue weighted by Crippen LogP contribution is -2.15. The van der Waals surface area contributed by atoms with Gasteiger partial charge in [0.15, 0.2) is 5.82 Å². The van der Waals surface area contributed by atoms with Gasteiger partial charge in [-0.1, -0.05) is 29.4 Å². The molecular weight excluding hydrogens is 370 g/mol. The Balaban J connectivity index is 1.66. The average molecular weight is 388 g/mol. The Morgan fingerprint density at radius 1 is 1.19 bits per heavy atom. The van der Waals surface area contributed by atoms with Crippen LogP contribution in [-0.2, 0) is 4.79 Å². The van der Waals surface area contributed by atoms with E-state index in [9.17, 15) is 4.79 Å². The van der Waals surface area contributed by atoms with Crippen LogP contribution in [0.15, 0.2) is 41.7 Å². The molecule has 0 saturated heterocycles. The molecule has 0 radical (unpaired) electrons. The Morgan fingerprint density at radius 3 is 2.73 bits per heavy atom. The van der Waals surface area contributed by atoms with Crippen LogP contribution in [-0.4, -0.2) is 31.4 Å². The van der Waals surface area contributed by atoms with Gasteiger partial charge in [-0.3, -0.25) is 4.79 Å². The summed E-state index contributed by atoms with van der Waals surface area (Å²) in [5.41, 5.74) is 3.59. The van der Waals surface area contributed by atoms with Crippen LogP contribution in [0.3, 0.4) is 0 Å². The summed E-state index contributed by atoms with van der Waals surface area (Å²) in [6, 6.07) is 9.21. The van der Waals surface area contributed by atoms with Gasteiger partial charge in [0, 0.05) is 22.5 Å². The lowest BCUT2D eigenvalue weighted by molar-refractivity contribution is -0.113. The van der Waals surface area contributed by atoms with Crippen molar-refractivity contribution in [3.05, 3.63) is 58.6 Å². The van der Waals surface area contributed by atoms with E-state index >= 15 is 0 Å². The first kappa shape index (κ1) is 18.4. The average Bonchev–Trinajstić information content (AvgIpc) is 2.95. The summed E-state index contributed by atoms with van der Waals surface area (Å²) in [6.07, 6.45) is 1.48. The number of rotatable bonds is 5. The summed E-state index contributed by atoms with van der Waals surface area (Å²) in [6.45, 7) is 5.82. The van der Waals surface area contributed by atoms with E-state index in [0.29, 0.717) is 21.6 Å². The molecule has 0 bridgehead atoms. The van der Waals surface area contributed by atoms with E-state index in [1.54, 1.807) is 16.8 Å². The van der Waals surface area contributed by atoms with Gasteiger partial charge in [0.1, 0.15) is 11.4 Å². The van der Waals surface area contributed by atoms with E-state index < -0.39 is 0 Å². The van der Waals surface area contributed by atoms with Gasteiger partial charge in [0.05, 0.1) is 11.4 Å². The molecule has 1 amide bonds. The molecule has 2 heterocycles. The van der Waals surface area contributed by atoms with Crippen molar-refractivity contribution >= 4 is 35.0 Å². The lowest BCUT2D eigenvalue weighted by atomic mass is 10.2. The molecule has 0 fully saturated rings. The highest BCUT2D eigenvalue weighted by molar-refractivity contribution is 7.99. The van der Waals surface area contributed by atoms with Crippen molar-refractivity contribution in [3.8, 4) is 5.82 Å². The highest BCUT2D eigenvalue weighted by Gasteiger charge is 2.10. The molecule has 134 valence electrons. The van der Waals surface area contributed by atoms with Gasteiger partial charge in [-0.2, -0.15) is 5.10 Å². The number of hydrogen-bond acceptors (Lipinski definition) is 5. The number of carbonyl (C=O) groups is 1. The molecule has 1 N–H and O–H groups in total. The number of thioether (sulfide) groups is 1. The third-order valence-corrected chi connectivity index (χ3v) is 4.84. The molecule has 1 aromatic carbocycles. The molecule has 0 atom stereocenters. The number of nitrogens with one attached hydrogen (secondary N) is 1. The molecule has 2 aromatic heterocycles. The molecular formula is C18H18ClN5OS. The van der Waals surface area contributed by atoms with Gasteiger partial charge in [-0.05, 0) is 44.5 Å². The Morgan fingerprint density at radius 2 is 2.00 bits per heavy atom. The Labute approximate surface area is 161 Å². The summed E-state index contributed by atoms with van der Waals surface area (Å²) in [5.74, 6) is 0.797. The van der Waals surface area contributed by atoms with Crippen molar-refractivity contribution in [2.75, 3.05) is 11.1 Å². The molecule has 3 rings (SSSR count). The third kappa shape index (κ3) is 4.42. The maximum absolute atomic E-state index is 12.2. The van der Waals surface area contributed by atoms with Gasteiger partial charge in [-0.15, -0.1) is 0 Å². The highest BCUT2D eigenvalue weighted by atomic mass is 35.5. The zero-order valence-electron chi connectivity index (χ0n) is 14.7. The second-order valence-electron chi connectivity index (χ2n) is 5.85. The van der Waals surface area contributed by atoms with Crippen molar-refractivity contribution in [2.45, 2.75) is 25.8 Å². The fourth-order valence-electron chi connectivity index (χ4n) is 2.44. The number of hydrogen-bond donors (Lipinski definition) is 1. The van der Waals surface area contributed by atoms with E-state index in [-0.39, 0.29) is 11.7 Å². The normalized spacial score (nSPS) is 10.8. The van der Waals surface area contributed by atoms with Crippen LogP contribution in [0, 0.1) is 20.8 Å². The van der Waals surface area contributed by atoms with Gasteiger partial charge in [0.2, 0.25) is 5.91 Å². The molecule has 0 spiro atoms. The Kier molecular flexibility index (Phi) is 5.58. The fraction of sp³-hybridized carbons (Fsp3) is 0.222. The van der Waals surface area contributed by atoms with Gasteiger partial charge >= 0.3 is 0 Å². The third-order valence-electron chi connectivity index (χ3n) is 3.68. The summed E-state index contributed by atoms with van der Waals surface area (Å²) < 4.78 is 1.76. The molecule has 6 nitrogen and oxygen atoms in total. The number of benzene rings is 1. The van der Waals surface area contributed by atoms with Crippen molar-refractivity contribution in [2.24, 2.45) is 0 Å². The number of aromatic nitrogens is 4. The van der Waals surface area contributed by atoms with E-state index in [1.807, 2.05) is 39.0 Å². The van der Waals surface area contributed by atoms with E-state index in [2.05, 4.69) is 20.4 Å². The van der Waals surface area contributed by atoms with E-state index in [0.717, 1.165) is 17.0 Å². The highest BCUT2D eigenvalue weighted by Crippen LogP contribution is 2.22. The molecule has 0 unspecified atom stereocenters. The zero-order chi connectivity index (χ0) is 18.7. The standard InChI is InChI=1S/C18H18ClN5OS/c1-11-4-5-14(19)7-15(11)22-17(25)9-26-18-8-16(20-10-21-18)24-13(3)6-12(2)23-24/h4-8,10H,9H2,1-3H3,(H,22,25). The molecule has 0 aliphatic rings. The van der Waals surface area contributed by atoms with Crippen molar-refractivity contribution in [1.29, 1.82) is 0 Å². The van der Waals surface area contributed by atoms with Gasteiger partial charge < -0.3 is 5.32 Å². The molecule has 0 aliphatic heterocycles. The van der Waals surface area contributed by atoms with Crippen LogP contribution in [0.25, 0.3) is 5.82 Å². The summed E-state index contributed by atoms with van der Waals surface area (Å²) in [4.78, 5) is 20.7. The molecule has 0 aliphatic carbocycles. The number of nitrogens with zero attached hydrogens (tertiary/aromatic N) is 4. The van der Waals surface area contributed by atoms with Gasteiger partial charge in [-0.25, -0.2) is 14.6 Å². The first-order valence-corrected chi connectivity index (χ1v) is 9.33. The van der Waals surface area contributed by atoms with E-state index in [1.165, 1.54) is 18.1 Å². The predicted octanol–water partition coefficient (Wildman–Crippen LogP) is 3.97. The Hall–Kier alpha value is -2.38. The summed E-state index contributed by atoms with van der Waals surface area (Å²) in [7, 11) is 0. The maximum atomic E-state index is 12.2. The number of anilines is 1. The van der Waals surface area contributed by atoms with Crippen LogP contribution in [0.5, 0.6) is 0 Å². The first-order valence-electron chi connectivity index (χ1n) is 7.97. The van der Waals surface area contributed by atoms with Gasteiger partial charge in [0.25, 0.3) is 0 Å². The molecule has 0 saturated carbocycles. The fourth-order valence-corrected chi connectivity index (χ4v) is 3.27. The minimum absolute atomic E-state index is 0.119. The largest absolute Gasteiger partial charge is 0.325 e. The minimum Gasteiger partial charge on any atom is -0.325 e. The predicted molar refractivity (Wildman–Crippen MR) is 104 cm³/mol. The second kappa shape index (κ2) is 7.88. The SMILES string of the molecule is Cc1cc(C)n(-c2cc(SCC(=O)Nc3cc(Cl)ccc3C)ncn2)n1. The topological polar surface area (TPSA) is 72.7 Å². The van der Waals surface area contributed by atoms with E-state index in [4.69, 9.17) is 11.6 Å². The number of halogens is 1. The Bertz CT molecular complexity index is 957. The molecule has 8 heteroatoms.